The summed E-state index contributed by atoms with van der Waals surface area (Å²) in [5, 5.41) is 3.54. The van der Waals surface area contributed by atoms with Crippen LogP contribution < -0.4 is 10.2 Å². The van der Waals surface area contributed by atoms with E-state index >= 15 is 0 Å². The Morgan fingerprint density at radius 2 is 1.80 bits per heavy atom. The number of piperazine rings is 1. The molecule has 2 aromatic rings. The molecule has 0 aliphatic carbocycles. The molecule has 5 nitrogen and oxygen atoms in total. The zero-order chi connectivity index (χ0) is 18.0. The summed E-state index contributed by atoms with van der Waals surface area (Å²) in [5.74, 6) is -0.489. The lowest BCUT2D eigenvalue weighted by atomic mass is 10.2. The number of amides is 2. The first-order chi connectivity index (χ1) is 12.0. The van der Waals surface area contributed by atoms with Crippen molar-refractivity contribution in [2.24, 2.45) is 0 Å². The van der Waals surface area contributed by atoms with Gasteiger partial charge in [0, 0.05) is 43.0 Å². The van der Waals surface area contributed by atoms with E-state index in [9.17, 15) is 9.18 Å². The molecule has 9 heteroatoms. The molecule has 132 valence electrons. The van der Waals surface area contributed by atoms with Crippen LogP contribution in [0.3, 0.4) is 0 Å². The highest BCUT2D eigenvalue weighted by atomic mass is 79.9. The van der Waals surface area contributed by atoms with Gasteiger partial charge in [0.2, 0.25) is 0 Å². The average molecular weight is 448 g/mol. The minimum Gasteiger partial charge on any atom is -0.365 e. The summed E-state index contributed by atoms with van der Waals surface area (Å²) in [6, 6.07) is 4.16. The predicted molar refractivity (Wildman–Crippen MR) is 101 cm³/mol. The van der Waals surface area contributed by atoms with Gasteiger partial charge in [-0.1, -0.05) is 39.1 Å². The lowest BCUT2D eigenvalue weighted by Crippen LogP contribution is -2.50. The van der Waals surface area contributed by atoms with Crippen LogP contribution in [0.2, 0.25) is 10.0 Å². The molecule has 1 aromatic carbocycles. The summed E-state index contributed by atoms with van der Waals surface area (Å²) in [5.41, 5.74) is 0.869. The fourth-order valence-corrected chi connectivity index (χ4v) is 3.56. The second-order valence-electron chi connectivity index (χ2n) is 5.48. The van der Waals surface area contributed by atoms with Crippen LogP contribution >= 0.6 is 39.1 Å². The summed E-state index contributed by atoms with van der Waals surface area (Å²) < 4.78 is 14.5. The van der Waals surface area contributed by atoms with Crippen molar-refractivity contribution >= 4 is 56.5 Å². The molecule has 1 aliphatic heterocycles. The molecule has 2 heterocycles. The smallest absolute Gasteiger partial charge is 0.322 e. The zero-order valence-corrected chi connectivity index (χ0v) is 16.1. The van der Waals surface area contributed by atoms with E-state index in [1.165, 1.54) is 24.5 Å². The predicted octanol–water partition coefficient (Wildman–Crippen LogP) is 4.64. The molecular weight excluding hydrogens is 434 g/mol. The molecule has 1 saturated heterocycles. The van der Waals surface area contributed by atoms with Gasteiger partial charge in [-0.25, -0.2) is 9.18 Å². The number of rotatable bonds is 2. The van der Waals surface area contributed by atoms with Gasteiger partial charge < -0.3 is 15.1 Å². The monoisotopic (exact) mass is 446 g/mol. The Bertz CT molecular complexity index is 779. The van der Waals surface area contributed by atoms with Gasteiger partial charge in [-0.2, -0.15) is 0 Å². The molecule has 0 spiro atoms. The number of hydrogen-bond acceptors (Lipinski definition) is 3. The van der Waals surface area contributed by atoms with Gasteiger partial charge in [0.25, 0.3) is 0 Å². The second kappa shape index (κ2) is 7.76. The minimum atomic E-state index is -0.489. The summed E-state index contributed by atoms with van der Waals surface area (Å²) in [7, 11) is 0. The van der Waals surface area contributed by atoms with E-state index in [4.69, 9.17) is 23.2 Å². The van der Waals surface area contributed by atoms with Crippen LogP contribution in [0.25, 0.3) is 0 Å². The molecule has 0 bridgehead atoms. The van der Waals surface area contributed by atoms with Gasteiger partial charge in [0.15, 0.2) is 0 Å². The van der Waals surface area contributed by atoms with Gasteiger partial charge in [0.1, 0.15) is 5.82 Å². The topological polar surface area (TPSA) is 48.5 Å². The molecule has 1 aliphatic rings. The largest absolute Gasteiger partial charge is 0.365 e. The first-order valence-electron chi connectivity index (χ1n) is 7.50. The fraction of sp³-hybridized carbons (Fsp3) is 0.250. The van der Waals surface area contributed by atoms with E-state index in [1.54, 1.807) is 11.0 Å². The normalized spacial score (nSPS) is 14.6. The average Bonchev–Trinajstić information content (AvgIpc) is 2.58. The Morgan fingerprint density at radius 1 is 1.16 bits per heavy atom. The van der Waals surface area contributed by atoms with Crippen LogP contribution in [0.5, 0.6) is 0 Å². The van der Waals surface area contributed by atoms with E-state index in [-0.39, 0.29) is 11.7 Å². The summed E-state index contributed by atoms with van der Waals surface area (Å²) >= 11 is 15.5. The van der Waals surface area contributed by atoms with Crippen molar-refractivity contribution in [3.63, 3.8) is 0 Å². The molecule has 25 heavy (non-hydrogen) atoms. The maximum atomic E-state index is 13.8. The third-order valence-corrected chi connectivity index (χ3v) is 4.93. The maximum absolute atomic E-state index is 13.8. The highest BCUT2D eigenvalue weighted by Crippen LogP contribution is 2.33. The van der Waals surface area contributed by atoms with Crippen molar-refractivity contribution in [1.82, 2.24) is 9.88 Å². The van der Waals surface area contributed by atoms with Gasteiger partial charge in [-0.15, -0.1) is 0 Å². The number of hydrogen-bond donors (Lipinski definition) is 1. The van der Waals surface area contributed by atoms with E-state index < -0.39 is 5.82 Å². The van der Waals surface area contributed by atoms with E-state index in [2.05, 4.69) is 26.2 Å². The number of carbonyl (C=O) groups excluding carboxylic acids is 1. The molecule has 1 N–H and O–H groups in total. The molecule has 1 fully saturated rings. The lowest BCUT2D eigenvalue weighted by molar-refractivity contribution is 0.208. The van der Waals surface area contributed by atoms with Crippen LogP contribution in [0.1, 0.15) is 0 Å². The van der Waals surface area contributed by atoms with Crippen LogP contribution in [0, 0.1) is 5.82 Å². The third-order valence-electron chi connectivity index (χ3n) is 3.88. The van der Waals surface area contributed by atoms with Crippen molar-refractivity contribution in [1.29, 1.82) is 0 Å². The Morgan fingerprint density at radius 3 is 2.40 bits per heavy atom. The molecule has 0 saturated carbocycles. The van der Waals surface area contributed by atoms with Crippen molar-refractivity contribution in [2.45, 2.75) is 0 Å². The third kappa shape index (κ3) is 4.16. The number of aromatic nitrogens is 1. The number of anilines is 2. The zero-order valence-electron chi connectivity index (χ0n) is 13.0. The Hall–Kier alpha value is -1.57. The molecule has 0 radical (unpaired) electrons. The SMILES string of the molecule is O=C(Nc1ccc(Br)cc1F)N1CCN(c2c(Cl)cncc2Cl)CC1. The first-order valence-corrected chi connectivity index (χ1v) is 9.05. The summed E-state index contributed by atoms with van der Waals surface area (Å²) in [6.45, 7) is 2.08. The van der Waals surface area contributed by atoms with Crippen molar-refractivity contribution in [3.8, 4) is 0 Å². The fourth-order valence-electron chi connectivity index (χ4n) is 2.62. The number of urea groups is 1. The summed E-state index contributed by atoms with van der Waals surface area (Å²) in [4.78, 5) is 19.9. The lowest BCUT2D eigenvalue weighted by Gasteiger charge is -2.36. The molecule has 1 aromatic heterocycles. The highest BCUT2D eigenvalue weighted by Gasteiger charge is 2.24. The van der Waals surface area contributed by atoms with Gasteiger partial charge in [-0.3, -0.25) is 4.98 Å². The number of nitrogens with one attached hydrogen (secondary N) is 1. The molecule has 0 atom stereocenters. The van der Waals surface area contributed by atoms with Crippen molar-refractivity contribution < 1.29 is 9.18 Å². The number of pyridine rings is 1. The number of halogens is 4. The van der Waals surface area contributed by atoms with Crippen molar-refractivity contribution in [3.05, 3.63) is 50.9 Å². The number of carbonyl (C=O) groups is 1. The van der Waals surface area contributed by atoms with Crippen LogP contribution in [0.4, 0.5) is 20.6 Å². The Kier molecular flexibility index (Phi) is 5.66. The molecule has 0 unspecified atom stereocenters. The molecular formula is C16H14BrCl2FN4O. The van der Waals surface area contributed by atoms with E-state index in [0.29, 0.717) is 40.7 Å². The van der Waals surface area contributed by atoms with Crippen LogP contribution in [-0.4, -0.2) is 42.1 Å². The van der Waals surface area contributed by atoms with Crippen LogP contribution in [-0.2, 0) is 0 Å². The van der Waals surface area contributed by atoms with Gasteiger partial charge in [0.05, 0.1) is 21.4 Å². The van der Waals surface area contributed by atoms with Gasteiger partial charge >= 0.3 is 6.03 Å². The standard InChI is InChI=1S/C16H14BrCl2FN4O/c17-10-1-2-14(13(20)7-10)22-16(25)24-5-3-23(4-6-24)15-11(18)8-21-9-12(15)19/h1-2,7-9H,3-6H2,(H,22,25). The second-order valence-corrected chi connectivity index (χ2v) is 7.21. The maximum Gasteiger partial charge on any atom is 0.322 e. The van der Waals surface area contributed by atoms with Crippen LogP contribution in [0.15, 0.2) is 35.1 Å². The Labute approximate surface area is 162 Å². The Balaban J connectivity index is 1.63. The first kappa shape index (κ1) is 18.2. The number of benzene rings is 1. The van der Waals surface area contributed by atoms with E-state index in [0.717, 1.165) is 5.69 Å². The van der Waals surface area contributed by atoms with Gasteiger partial charge in [-0.05, 0) is 18.2 Å². The molecule has 2 amide bonds. The highest BCUT2D eigenvalue weighted by molar-refractivity contribution is 9.10. The van der Waals surface area contributed by atoms with E-state index in [1.807, 2.05) is 4.90 Å². The molecule has 3 rings (SSSR count). The minimum absolute atomic E-state index is 0.149. The summed E-state index contributed by atoms with van der Waals surface area (Å²) in [6.07, 6.45) is 3.08. The quantitative estimate of drug-likeness (QED) is 0.729. The number of nitrogens with zero attached hydrogens (tertiary/aromatic N) is 3. The van der Waals surface area contributed by atoms with Crippen molar-refractivity contribution in [2.75, 3.05) is 36.4 Å².